The SMILES string of the molecule is Cn1nc2c3c(c(NC(=O)c4cc(F)cc(C(F)(F)F)c4)cc2c1C1CNC1)C(c1cc(F)ccc1Cl)NC3=O. The topological polar surface area (TPSA) is 88.1 Å². The molecule has 1 atom stereocenters. The van der Waals surface area contributed by atoms with Gasteiger partial charge < -0.3 is 16.0 Å². The quantitative estimate of drug-likeness (QED) is 0.288. The zero-order valence-electron chi connectivity index (χ0n) is 20.6. The number of aryl methyl sites for hydroxylation is 1. The number of fused-ring (bicyclic) bond motifs is 3. The first kappa shape index (κ1) is 26.2. The van der Waals surface area contributed by atoms with E-state index in [0.717, 1.165) is 17.8 Å². The molecule has 7 nitrogen and oxygen atoms in total. The van der Waals surface area contributed by atoms with E-state index >= 15 is 0 Å². The maximum atomic E-state index is 14.2. The summed E-state index contributed by atoms with van der Waals surface area (Å²) in [5.74, 6) is -3.39. The van der Waals surface area contributed by atoms with Gasteiger partial charge >= 0.3 is 6.18 Å². The normalized spacial score (nSPS) is 17.1. The first-order valence-electron chi connectivity index (χ1n) is 12.1. The Hall–Kier alpha value is -4.03. The number of anilines is 1. The van der Waals surface area contributed by atoms with Crippen molar-refractivity contribution in [3.63, 3.8) is 0 Å². The number of carbonyl (C=O) groups excluding carboxylic acids is 2. The van der Waals surface area contributed by atoms with Crippen LogP contribution >= 0.6 is 11.6 Å². The summed E-state index contributed by atoms with van der Waals surface area (Å²) in [4.78, 5) is 26.6. The van der Waals surface area contributed by atoms with Crippen molar-refractivity contribution >= 4 is 40.0 Å². The molecule has 2 aliphatic rings. The number of aromatic nitrogens is 2. The molecular formula is C27H19ClF5N5O2. The van der Waals surface area contributed by atoms with Crippen LogP contribution in [0.1, 0.15) is 55.1 Å². The van der Waals surface area contributed by atoms with Gasteiger partial charge in [-0.3, -0.25) is 14.3 Å². The minimum absolute atomic E-state index is 0.0621. The lowest BCUT2D eigenvalue weighted by atomic mass is 9.91. The molecule has 3 aromatic carbocycles. The van der Waals surface area contributed by atoms with Crippen LogP contribution in [-0.4, -0.2) is 34.7 Å². The number of benzene rings is 3. The fraction of sp³-hybridized carbons (Fsp3) is 0.222. The van der Waals surface area contributed by atoms with Crippen molar-refractivity contribution in [1.82, 2.24) is 20.4 Å². The molecule has 13 heteroatoms. The van der Waals surface area contributed by atoms with E-state index in [4.69, 9.17) is 11.6 Å². The van der Waals surface area contributed by atoms with Crippen LogP contribution in [0.3, 0.4) is 0 Å². The lowest BCUT2D eigenvalue weighted by molar-refractivity contribution is -0.137. The Balaban J connectivity index is 1.55. The van der Waals surface area contributed by atoms with Crippen LogP contribution in [0.2, 0.25) is 5.02 Å². The fourth-order valence-corrected chi connectivity index (χ4v) is 5.51. The van der Waals surface area contributed by atoms with E-state index in [1.807, 2.05) is 0 Å². The molecule has 0 aliphatic carbocycles. The molecule has 0 bridgehead atoms. The summed E-state index contributed by atoms with van der Waals surface area (Å²) in [5, 5.41) is 13.8. The molecule has 1 unspecified atom stereocenters. The number of nitrogens with one attached hydrogen (secondary N) is 3. The fourth-order valence-electron chi connectivity index (χ4n) is 5.29. The molecule has 4 aromatic rings. The van der Waals surface area contributed by atoms with Gasteiger partial charge in [-0.05, 0) is 42.5 Å². The number of hydrogen-bond acceptors (Lipinski definition) is 4. The standard InChI is InChI=1S/C27H19ClF5N5O2/c1-38-24(12-9-34-10-12)17-8-19(35-25(39)11-4-13(27(31,32)33)6-15(30)5-11)20-21(23(17)37-38)26(40)36-22(20)16-7-14(29)2-3-18(16)28/h2-8,12,22,34H,9-10H2,1H3,(H,35,39)(H,36,40). The second kappa shape index (κ2) is 9.27. The highest BCUT2D eigenvalue weighted by molar-refractivity contribution is 6.31. The van der Waals surface area contributed by atoms with Crippen LogP contribution in [0.15, 0.2) is 42.5 Å². The van der Waals surface area contributed by atoms with Gasteiger partial charge in [-0.2, -0.15) is 18.3 Å². The number of rotatable bonds is 4. The molecule has 2 aliphatic heterocycles. The largest absolute Gasteiger partial charge is 0.416 e. The van der Waals surface area contributed by atoms with E-state index in [9.17, 15) is 31.5 Å². The number of carbonyl (C=O) groups is 2. The summed E-state index contributed by atoms with van der Waals surface area (Å²) in [7, 11) is 1.72. The van der Waals surface area contributed by atoms with Gasteiger partial charge in [0.05, 0.1) is 22.9 Å². The van der Waals surface area contributed by atoms with E-state index in [2.05, 4.69) is 21.0 Å². The van der Waals surface area contributed by atoms with E-state index in [0.29, 0.717) is 42.2 Å². The van der Waals surface area contributed by atoms with E-state index in [-0.39, 0.29) is 33.3 Å². The Morgan fingerprint density at radius 2 is 1.85 bits per heavy atom. The summed E-state index contributed by atoms with van der Waals surface area (Å²) in [5.41, 5.74) is -0.180. The number of alkyl halides is 3. The Kier molecular flexibility index (Phi) is 6.07. The van der Waals surface area contributed by atoms with Gasteiger partial charge in [0.15, 0.2) is 0 Å². The van der Waals surface area contributed by atoms with Crippen LogP contribution < -0.4 is 16.0 Å². The summed E-state index contributed by atoms with van der Waals surface area (Å²) >= 11 is 6.36. The molecule has 0 saturated carbocycles. The van der Waals surface area contributed by atoms with Crippen molar-refractivity contribution < 1.29 is 31.5 Å². The van der Waals surface area contributed by atoms with Crippen molar-refractivity contribution in [2.75, 3.05) is 18.4 Å². The van der Waals surface area contributed by atoms with E-state index < -0.39 is 46.8 Å². The molecule has 1 saturated heterocycles. The Morgan fingerprint density at radius 1 is 1.10 bits per heavy atom. The molecule has 0 radical (unpaired) electrons. The zero-order chi connectivity index (χ0) is 28.5. The van der Waals surface area contributed by atoms with Crippen molar-refractivity contribution in [2.45, 2.75) is 18.1 Å². The highest BCUT2D eigenvalue weighted by Gasteiger charge is 2.39. The number of amides is 2. The predicted molar refractivity (Wildman–Crippen MR) is 136 cm³/mol. The zero-order valence-corrected chi connectivity index (χ0v) is 21.3. The molecule has 1 aromatic heterocycles. The monoisotopic (exact) mass is 575 g/mol. The summed E-state index contributed by atoms with van der Waals surface area (Å²) in [6.45, 7) is 1.31. The maximum absolute atomic E-state index is 14.2. The Bertz CT molecular complexity index is 1730. The van der Waals surface area contributed by atoms with Crippen molar-refractivity contribution in [2.24, 2.45) is 7.05 Å². The van der Waals surface area contributed by atoms with Gasteiger partial charge in [0.25, 0.3) is 11.8 Å². The third-order valence-corrected chi connectivity index (χ3v) is 7.52. The average Bonchev–Trinajstić information content (AvgIpc) is 3.36. The van der Waals surface area contributed by atoms with Gasteiger partial charge in [-0.25, -0.2) is 8.78 Å². The minimum Gasteiger partial charge on any atom is -0.341 e. The lowest BCUT2D eigenvalue weighted by Crippen LogP contribution is -2.40. The predicted octanol–water partition coefficient (Wildman–Crippen LogP) is 5.30. The first-order chi connectivity index (χ1) is 18.9. The van der Waals surface area contributed by atoms with Crippen molar-refractivity contribution in [1.29, 1.82) is 0 Å². The second-order valence-corrected chi connectivity index (χ2v) is 10.1. The molecule has 3 N–H and O–H groups in total. The summed E-state index contributed by atoms with van der Waals surface area (Å²) in [6, 6.07) is 5.69. The molecule has 206 valence electrons. The molecule has 3 heterocycles. The molecule has 0 spiro atoms. The van der Waals surface area contributed by atoms with Crippen LogP contribution in [0, 0.1) is 11.6 Å². The van der Waals surface area contributed by atoms with Crippen LogP contribution in [0.25, 0.3) is 10.9 Å². The van der Waals surface area contributed by atoms with E-state index in [1.165, 1.54) is 6.07 Å². The number of hydrogen-bond donors (Lipinski definition) is 3. The van der Waals surface area contributed by atoms with Gasteiger partial charge in [-0.15, -0.1) is 0 Å². The van der Waals surface area contributed by atoms with Crippen molar-refractivity contribution in [3.8, 4) is 0 Å². The minimum atomic E-state index is -4.88. The van der Waals surface area contributed by atoms with Gasteiger partial charge in [-0.1, -0.05) is 11.6 Å². The third-order valence-electron chi connectivity index (χ3n) is 7.18. The van der Waals surface area contributed by atoms with E-state index in [1.54, 1.807) is 17.8 Å². The maximum Gasteiger partial charge on any atom is 0.416 e. The third kappa shape index (κ3) is 4.27. The van der Waals surface area contributed by atoms with Crippen LogP contribution in [0.4, 0.5) is 27.6 Å². The van der Waals surface area contributed by atoms with Gasteiger partial charge in [0, 0.05) is 58.8 Å². The molecule has 1 fully saturated rings. The van der Waals surface area contributed by atoms with Crippen LogP contribution in [-0.2, 0) is 13.2 Å². The summed E-state index contributed by atoms with van der Waals surface area (Å²) < 4.78 is 69.9. The second-order valence-electron chi connectivity index (χ2n) is 9.73. The first-order valence-corrected chi connectivity index (χ1v) is 12.5. The molecule has 6 rings (SSSR count). The number of halogens is 6. The molecule has 2 amide bonds. The smallest absolute Gasteiger partial charge is 0.341 e. The highest BCUT2D eigenvalue weighted by atomic mass is 35.5. The summed E-state index contributed by atoms with van der Waals surface area (Å²) in [6.07, 6.45) is -4.88. The molecular weight excluding hydrogens is 557 g/mol. The highest BCUT2D eigenvalue weighted by Crippen LogP contribution is 2.44. The average molecular weight is 576 g/mol. The Labute approximate surface area is 228 Å². The lowest BCUT2D eigenvalue weighted by Gasteiger charge is -2.27. The van der Waals surface area contributed by atoms with Crippen LogP contribution in [0.5, 0.6) is 0 Å². The Morgan fingerprint density at radius 3 is 2.52 bits per heavy atom. The molecule has 40 heavy (non-hydrogen) atoms. The van der Waals surface area contributed by atoms with Gasteiger partial charge in [0.1, 0.15) is 17.2 Å². The number of nitrogens with zero attached hydrogens (tertiary/aromatic N) is 2. The van der Waals surface area contributed by atoms with Crippen molar-refractivity contribution in [3.05, 3.63) is 92.6 Å². The van der Waals surface area contributed by atoms with Gasteiger partial charge in [0.2, 0.25) is 0 Å².